The molecule has 0 saturated carbocycles. The molecule has 2 aromatic carbocycles. The Hall–Kier alpha value is -2.85. The Bertz CT molecular complexity index is 1240. The quantitative estimate of drug-likeness (QED) is 0.467. The molecule has 0 unspecified atom stereocenters. The van der Waals surface area contributed by atoms with Crippen LogP contribution in [0.25, 0.3) is 25.9 Å². The lowest BCUT2D eigenvalue weighted by Gasteiger charge is -2.10. The predicted molar refractivity (Wildman–Crippen MR) is 100 cm³/mol. The van der Waals surface area contributed by atoms with Crippen LogP contribution in [-0.2, 0) is 6.54 Å². The summed E-state index contributed by atoms with van der Waals surface area (Å²) in [5.74, 6) is 0. The van der Waals surface area contributed by atoms with Crippen LogP contribution in [0.15, 0.2) is 77.7 Å². The molecule has 3 aromatic heterocycles. The summed E-state index contributed by atoms with van der Waals surface area (Å²) in [6.45, 7) is 0.588. The lowest BCUT2D eigenvalue weighted by molar-refractivity contribution is 0.800. The van der Waals surface area contributed by atoms with E-state index in [0.717, 1.165) is 21.4 Å². The van der Waals surface area contributed by atoms with Gasteiger partial charge in [-0.3, -0.25) is 9.36 Å². The molecular formula is C20H14N2OS. The molecule has 0 spiro atoms. The molecule has 0 saturated heterocycles. The summed E-state index contributed by atoms with van der Waals surface area (Å²) >= 11 is 1.68. The Morgan fingerprint density at radius 2 is 1.67 bits per heavy atom. The lowest BCUT2D eigenvalue weighted by atomic mass is 10.2. The Kier molecular flexibility index (Phi) is 2.87. The van der Waals surface area contributed by atoms with Crippen molar-refractivity contribution in [2.75, 3.05) is 0 Å². The van der Waals surface area contributed by atoms with Crippen LogP contribution in [0.3, 0.4) is 0 Å². The molecule has 0 aliphatic rings. The number of nitrogens with zero attached hydrogens (tertiary/aromatic N) is 2. The van der Waals surface area contributed by atoms with Gasteiger partial charge in [0.25, 0.3) is 5.56 Å². The second kappa shape index (κ2) is 5.08. The Balaban J connectivity index is 1.94. The van der Waals surface area contributed by atoms with E-state index in [-0.39, 0.29) is 5.56 Å². The fourth-order valence-electron chi connectivity index (χ4n) is 3.32. The maximum Gasteiger partial charge on any atom is 0.276 e. The fraction of sp³-hybridized carbons (Fsp3) is 0.0500. The van der Waals surface area contributed by atoms with Crippen LogP contribution in [0, 0.1) is 0 Å². The molecular weight excluding hydrogens is 316 g/mol. The van der Waals surface area contributed by atoms with Crippen molar-refractivity contribution >= 4 is 37.3 Å². The number of benzene rings is 2. The largest absolute Gasteiger partial charge is 0.309 e. The second-order valence-electron chi connectivity index (χ2n) is 5.89. The van der Waals surface area contributed by atoms with Crippen molar-refractivity contribution in [2.45, 2.75) is 6.54 Å². The fourth-order valence-corrected chi connectivity index (χ4v) is 4.52. The molecule has 0 bridgehead atoms. The van der Waals surface area contributed by atoms with Gasteiger partial charge in [-0.1, -0.05) is 48.5 Å². The van der Waals surface area contributed by atoms with E-state index in [1.165, 1.54) is 10.1 Å². The molecule has 4 heteroatoms. The minimum Gasteiger partial charge on any atom is -0.309 e. The van der Waals surface area contributed by atoms with Crippen LogP contribution in [0.5, 0.6) is 0 Å². The van der Waals surface area contributed by atoms with Crippen LogP contribution < -0.4 is 5.56 Å². The maximum absolute atomic E-state index is 13.0. The van der Waals surface area contributed by atoms with E-state index in [1.807, 2.05) is 51.6 Å². The maximum atomic E-state index is 13.0. The molecule has 0 atom stereocenters. The zero-order chi connectivity index (χ0) is 16.1. The summed E-state index contributed by atoms with van der Waals surface area (Å²) < 4.78 is 5.14. The summed E-state index contributed by atoms with van der Waals surface area (Å²) in [7, 11) is 0. The van der Waals surface area contributed by atoms with Gasteiger partial charge in [0, 0.05) is 16.3 Å². The number of fused-ring (bicyclic) bond motifs is 5. The third-order valence-corrected chi connectivity index (χ3v) is 5.62. The molecule has 0 fully saturated rings. The predicted octanol–water partition coefficient (Wildman–Crippen LogP) is 4.52. The summed E-state index contributed by atoms with van der Waals surface area (Å²) in [6.07, 6.45) is 1.98. The van der Waals surface area contributed by atoms with Gasteiger partial charge in [0.1, 0.15) is 10.3 Å². The van der Waals surface area contributed by atoms with E-state index in [2.05, 4.69) is 30.3 Å². The van der Waals surface area contributed by atoms with Gasteiger partial charge < -0.3 is 4.40 Å². The van der Waals surface area contributed by atoms with Crippen LogP contribution in [0.1, 0.15) is 5.56 Å². The molecule has 116 valence electrons. The molecule has 0 aliphatic carbocycles. The van der Waals surface area contributed by atoms with Crippen LogP contribution in [-0.4, -0.2) is 8.97 Å². The van der Waals surface area contributed by atoms with Crippen molar-refractivity contribution in [1.29, 1.82) is 0 Å². The highest BCUT2D eigenvalue weighted by atomic mass is 32.1. The van der Waals surface area contributed by atoms with Gasteiger partial charge in [-0.05, 0) is 23.8 Å². The van der Waals surface area contributed by atoms with E-state index in [9.17, 15) is 4.79 Å². The first-order valence-corrected chi connectivity index (χ1v) is 8.69. The molecule has 5 rings (SSSR count). The van der Waals surface area contributed by atoms with Crippen molar-refractivity contribution < 1.29 is 0 Å². The zero-order valence-electron chi connectivity index (χ0n) is 12.8. The highest BCUT2D eigenvalue weighted by Gasteiger charge is 2.15. The number of hydrogen-bond acceptors (Lipinski definition) is 2. The van der Waals surface area contributed by atoms with E-state index < -0.39 is 0 Å². The standard InChI is InChI=1S/C20H14N2OS/c23-19-16-10-6-12-21(16)18-15-9-4-5-11-17(15)24-20(18)22(19)13-14-7-2-1-3-8-14/h1-12H,13H2. The van der Waals surface area contributed by atoms with Crippen molar-refractivity contribution in [1.82, 2.24) is 8.97 Å². The van der Waals surface area contributed by atoms with Crippen molar-refractivity contribution in [3.05, 3.63) is 88.8 Å². The minimum atomic E-state index is 0.0582. The summed E-state index contributed by atoms with van der Waals surface area (Å²) in [5, 5.41) is 1.19. The van der Waals surface area contributed by atoms with Crippen LogP contribution >= 0.6 is 11.3 Å². The normalized spacial score (nSPS) is 11.7. The van der Waals surface area contributed by atoms with E-state index in [1.54, 1.807) is 11.3 Å². The van der Waals surface area contributed by atoms with Gasteiger partial charge in [0.15, 0.2) is 0 Å². The van der Waals surface area contributed by atoms with E-state index >= 15 is 0 Å². The second-order valence-corrected chi connectivity index (χ2v) is 6.92. The first-order chi connectivity index (χ1) is 11.8. The van der Waals surface area contributed by atoms with Gasteiger partial charge in [-0.15, -0.1) is 11.3 Å². The van der Waals surface area contributed by atoms with E-state index in [4.69, 9.17) is 0 Å². The summed E-state index contributed by atoms with van der Waals surface area (Å²) in [4.78, 5) is 14.1. The van der Waals surface area contributed by atoms with Gasteiger partial charge in [0.2, 0.25) is 0 Å². The van der Waals surface area contributed by atoms with Gasteiger partial charge in [0.05, 0.1) is 12.1 Å². The number of aromatic nitrogens is 2. The smallest absolute Gasteiger partial charge is 0.276 e. The average molecular weight is 330 g/mol. The van der Waals surface area contributed by atoms with Gasteiger partial charge in [-0.2, -0.15) is 0 Å². The highest BCUT2D eigenvalue weighted by Crippen LogP contribution is 2.33. The molecule has 0 N–H and O–H groups in total. The molecule has 0 aliphatic heterocycles. The summed E-state index contributed by atoms with van der Waals surface area (Å²) in [6, 6.07) is 22.3. The van der Waals surface area contributed by atoms with Crippen molar-refractivity contribution in [2.24, 2.45) is 0 Å². The minimum absolute atomic E-state index is 0.0582. The first-order valence-electron chi connectivity index (χ1n) is 7.88. The lowest BCUT2D eigenvalue weighted by Crippen LogP contribution is -2.22. The SMILES string of the molecule is O=c1c2cccn2c2c3ccccc3sc2n1Cc1ccccc1. The first kappa shape index (κ1) is 13.6. The molecule has 3 heterocycles. The van der Waals surface area contributed by atoms with Gasteiger partial charge in [-0.25, -0.2) is 0 Å². The monoisotopic (exact) mass is 330 g/mol. The Morgan fingerprint density at radius 1 is 0.875 bits per heavy atom. The molecule has 5 aromatic rings. The van der Waals surface area contributed by atoms with Crippen LogP contribution in [0.2, 0.25) is 0 Å². The average Bonchev–Trinajstić information content (AvgIpc) is 3.23. The molecule has 0 radical (unpaired) electrons. The summed E-state index contributed by atoms with van der Waals surface area (Å²) in [5.41, 5.74) is 3.03. The van der Waals surface area contributed by atoms with Crippen molar-refractivity contribution in [3.8, 4) is 0 Å². The van der Waals surface area contributed by atoms with Crippen LogP contribution in [0.4, 0.5) is 0 Å². The third kappa shape index (κ3) is 1.87. The number of hydrogen-bond donors (Lipinski definition) is 0. The third-order valence-electron chi connectivity index (χ3n) is 4.43. The highest BCUT2D eigenvalue weighted by molar-refractivity contribution is 7.25. The zero-order valence-corrected chi connectivity index (χ0v) is 13.7. The van der Waals surface area contributed by atoms with Crippen molar-refractivity contribution in [3.63, 3.8) is 0 Å². The molecule has 24 heavy (non-hydrogen) atoms. The number of thiophene rings is 1. The Labute approximate surface area is 142 Å². The number of rotatable bonds is 2. The Morgan fingerprint density at radius 3 is 2.54 bits per heavy atom. The topological polar surface area (TPSA) is 26.4 Å². The van der Waals surface area contributed by atoms with E-state index in [0.29, 0.717) is 6.54 Å². The molecule has 0 amide bonds. The molecule has 3 nitrogen and oxygen atoms in total. The van der Waals surface area contributed by atoms with Gasteiger partial charge >= 0.3 is 0 Å².